The van der Waals surface area contributed by atoms with Gasteiger partial charge in [-0.05, 0) is 30.2 Å². The van der Waals surface area contributed by atoms with E-state index in [2.05, 4.69) is 5.32 Å². The summed E-state index contributed by atoms with van der Waals surface area (Å²) in [6.45, 7) is -0.369. The second-order valence-electron chi connectivity index (χ2n) is 8.68. The van der Waals surface area contributed by atoms with Gasteiger partial charge in [-0.2, -0.15) is 0 Å². The topological polar surface area (TPSA) is 173 Å². The summed E-state index contributed by atoms with van der Waals surface area (Å²) in [6, 6.07) is 13.2. The molecule has 0 unspecified atom stereocenters. The van der Waals surface area contributed by atoms with Crippen molar-refractivity contribution in [1.82, 2.24) is 0 Å². The van der Waals surface area contributed by atoms with E-state index in [0.29, 0.717) is 17.7 Å². The Kier molecular flexibility index (Phi) is 8.27. The molecule has 2 heterocycles. The second-order valence-corrected chi connectivity index (χ2v) is 8.68. The first-order chi connectivity index (χ1) is 17.7. The first-order valence-corrected chi connectivity index (χ1v) is 11.6. The summed E-state index contributed by atoms with van der Waals surface area (Å²) in [6.07, 6.45) is -8.07. The molecule has 0 bridgehead atoms. The van der Waals surface area contributed by atoms with Gasteiger partial charge in [0.15, 0.2) is 6.29 Å². The first-order valence-electron chi connectivity index (χ1n) is 11.6. The number of fused-ring (bicyclic) bond motifs is 1. The molecule has 0 spiro atoms. The Morgan fingerprint density at radius 3 is 2.51 bits per heavy atom. The van der Waals surface area contributed by atoms with Crippen molar-refractivity contribution in [3.8, 4) is 5.75 Å². The minimum absolute atomic E-state index is 0.108. The van der Waals surface area contributed by atoms with Crippen molar-refractivity contribution in [3.63, 3.8) is 0 Å². The lowest BCUT2D eigenvalue weighted by Gasteiger charge is -2.40. The summed E-state index contributed by atoms with van der Waals surface area (Å²) in [7, 11) is 1.29. The summed E-state index contributed by atoms with van der Waals surface area (Å²) in [5.74, 6) is -2.42. The molecule has 2 aromatic carbocycles. The number of nitrogens with one attached hydrogen (secondary N) is 1. The van der Waals surface area contributed by atoms with E-state index in [4.69, 9.17) is 23.7 Å². The third-order valence-corrected chi connectivity index (χ3v) is 6.22. The number of methoxy groups -OCH3 is 1. The van der Waals surface area contributed by atoms with Crippen LogP contribution in [0.1, 0.15) is 17.5 Å². The Labute approximate surface area is 212 Å². The average molecular weight is 520 g/mol. The Morgan fingerprint density at radius 2 is 1.78 bits per heavy atom. The summed E-state index contributed by atoms with van der Waals surface area (Å²) in [5, 5.41) is 42.8. The molecule has 6 atom stereocenters. The molecule has 12 heteroatoms. The summed E-state index contributed by atoms with van der Waals surface area (Å²) in [4.78, 5) is 24.7. The number of cyclic esters (lactones) is 1. The predicted molar refractivity (Wildman–Crippen MR) is 125 cm³/mol. The van der Waals surface area contributed by atoms with E-state index in [9.17, 15) is 30.0 Å². The average Bonchev–Trinajstić information content (AvgIpc) is 2.89. The third kappa shape index (κ3) is 6.01. The molecule has 2 aliphatic rings. The van der Waals surface area contributed by atoms with E-state index in [-0.39, 0.29) is 12.4 Å². The SMILES string of the molecule is CO[C@@]1(CC(=O)OC[C@H]2O[C@@H](OCCc3ccc(O)cc3)[C@H](O)[C@@H](O)[C@@H]2O)OC(=O)Nc2ccccc21. The number of aromatic hydroxyl groups is 1. The monoisotopic (exact) mass is 519 g/mol. The number of carbonyl (C=O) groups excluding carboxylic acids is 2. The molecule has 0 radical (unpaired) electrons. The summed E-state index contributed by atoms with van der Waals surface area (Å²) in [5.41, 5.74) is 1.70. The number of rotatable bonds is 9. The molecular formula is C25H29NO11. The zero-order valence-corrected chi connectivity index (χ0v) is 20.0. The van der Waals surface area contributed by atoms with Gasteiger partial charge in [0.1, 0.15) is 43.2 Å². The molecule has 1 saturated heterocycles. The van der Waals surface area contributed by atoms with Crippen LogP contribution < -0.4 is 5.32 Å². The number of para-hydroxylation sites is 1. The molecular weight excluding hydrogens is 490 g/mol. The highest BCUT2D eigenvalue weighted by Gasteiger charge is 2.47. The van der Waals surface area contributed by atoms with Crippen molar-refractivity contribution in [2.24, 2.45) is 0 Å². The smallest absolute Gasteiger partial charge is 0.414 e. The van der Waals surface area contributed by atoms with Gasteiger partial charge in [0.25, 0.3) is 5.79 Å². The largest absolute Gasteiger partial charge is 0.508 e. The van der Waals surface area contributed by atoms with Crippen LogP contribution in [0.15, 0.2) is 48.5 Å². The van der Waals surface area contributed by atoms with Gasteiger partial charge in [0.2, 0.25) is 0 Å². The molecule has 0 saturated carbocycles. The molecule has 5 N–H and O–H groups in total. The number of amides is 1. The van der Waals surface area contributed by atoms with Crippen LogP contribution in [0.3, 0.4) is 0 Å². The van der Waals surface area contributed by atoms with Gasteiger partial charge in [0.05, 0.1) is 12.3 Å². The maximum atomic E-state index is 12.7. The molecule has 37 heavy (non-hydrogen) atoms. The number of hydrogen-bond donors (Lipinski definition) is 5. The van der Waals surface area contributed by atoms with Crippen molar-refractivity contribution >= 4 is 17.7 Å². The fourth-order valence-electron chi connectivity index (χ4n) is 4.18. The van der Waals surface area contributed by atoms with Gasteiger partial charge < -0.3 is 44.1 Å². The lowest BCUT2D eigenvalue weighted by atomic mass is 9.98. The highest BCUT2D eigenvalue weighted by Crippen LogP contribution is 2.39. The Hall–Kier alpha value is -3.26. The molecule has 200 valence electrons. The standard InChI is InChI=1S/C25H29NO11/c1-33-25(16-4-2-3-5-17(16)26-24(32)37-25)12-19(28)35-13-18-20(29)21(30)22(31)23(36-18)34-11-10-14-6-8-15(27)9-7-14/h2-9,18,20-23,27,29-31H,10-13H2,1H3,(H,26,32)/t18-,20-,21+,22-,23-,25+/m1/s1. The van der Waals surface area contributed by atoms with Crippen LogP contribution in [-0.4, -0.2) is 83.5 Å². The molecule has 1 fully saturated rings. The summed E-state index contributed by atoms with van der Waals surface area (Å²) < 4.78 is 27.1. The minimum atomic E-state index is -1.72. The highest BCUT2D eigenvalue weighted by molar-refractivity contribution is 5.89. The van der Waals surface area contributed by atoms with Gasteiger partial charge in [-0.1, -0.05) is 30.3 Å². The third-order valence-electron chi connectivity index (χ3n) is 6.22. The van der Waals surface area contributed by atoms with Crippen LogP contribution in [0.5, 0.6) is 5.75 Å². The van der Waals surface area contributed by atoms with E-state index in [1.54, 1.807) is 36.4 Å². The van der Waals surface area contributed by atoms with Gasteiger partial charge >= 0.3 is 12.1 Å². The van der Waals surface area contributed by atoms with Crippen LogP contribution in [0.2, 0.25) is 0 Å². The molecule has 0 aliphatic carbocycles. The van der Waals surface area contributed by atoms with Gasteiger partial charge in [-0.3, -0.25) is 10.1 Å². The fourth-order valence-corrected chi connectivity index (χ4v) is 4.18. The molecule has 2 aromatic rings. The van der Waals surface area contributed by atoms with E-state index in [0.717, 1.165) is 5.56 Å². The van der Waals surface area contributed by atoms with Gasteiger partial charge in [-0.15, -0.1) is 0 Å². The molecule has 2 aliphatic heterocycles. The number of anilines is 1. The zero-order chi connectivity index (χ0) is 26.6. The Morgan fingerprint density at radius 1 is 1.05 bits per heavy atom. The van der Waals surface area contributed by atoms with Crippen LogP contribution in [0.4, 0.5) is 10.5 Å². The lowest BCUT2D eigenvalue weighted by Crippen LogP contribution is -2.59. The Bertz CT molecular complexity index is 1090. The number of hydrogen-bond acceptors (Lipinski definition) is 11. The number of benzene rings is 2. The second kappa shape index (κ2) is 11.4. The van der Waals surface area contributed by atoms with E-state index >= 15 is 0 Å². The van der Waals surface area contributed by atoms with E-state index in [1.807, 2.05) is 0 Å². The normalized spacial score (nSPS) is 29.1. The molecule has 1 amide bonds. The highest BCUT2D eigenvalue weighted by atomic mass is 16.7. The van der Waals surface area contributed by atoms with Crippen LogP contribution >= 0.6 is 0 Å². The molecule has 4 rings (SSSR count). The van der Waals surface area contributed by atoms with E-state index in [1.165, 1.54) is 19.2 Å². The number of phenols is 1. The maximum absolute atomic E-state index is 12.7. The van der Waals surface area contributed by atoms with Gasteiger partial charge in [-0.25, -0.2) is 4.79 Å². The van der Waals surface area contributed by atoms with E-state index < -0.39 is 61.6 Å². The number of aliphatic hydroxyl groups excluding tert-OH is 3. The van der Waals surface area contributed by atoms with Crippen LogP contribution in [0, 0.1) is 0 Å². The van der Waals surface area contributed by atoms with Crippen molar-refractivity contribution in [2.45, 2.75) is 49.3 Å². The number of ether oxygens (including phenoxy) is 5. The van der Waals surface area contributed by atoms with Crippen LogP contribution in [-0.2, 0) is 40.7 Å². The first kappa shape index (κ1) is 26.8. The number of phenolic OH excluding ortho intramolecular Hbond substituents is 1. The van der Waals surface area contributed by atoms with Crippen molar-refractivity contribution in [3.05, 3.63) is 59.7 Å². The molecule has 12 nitrogen and oxygen atoms in total. The molecule has 0 aromatic heterocycles. The summed E-state index contributed by atoms with van der Waals surface area (Å²) >= 11 is 0. The van der Waals surface area contributed by atoms with Crippen molar-refractivity contribution < 1.29 is 53.7 Å². The predicted octanol–water partition coefficient (Wildman–Crippen LogP) is 0.754. The number of aliphatic hydroxyl groups is 3. The Balaban J connectivity index is 1.35. The van der Waals surface area contributed by atoms with Gasteiger partial charge in [0, 0.05) is 12.7 Å². The van der Waals surface area contributed by atoms with Crippen LogP contribution in [0.25, 0.3) is 0 Å². The maximum Gasteiger partial charge on any atom is 0.414 e. The van der Waals surface area contributed by atoms with Crippen molar-refractivity contribution in [2.75, 3.05) is 25.6 Å². The zero-order valence-electron chi connectivity index (χ0n) is 20.0. The fraction of sp³-hybridized carbons (Fsp3) is 0.440. The lowest BCUT2D eigenvalue weighted by molar-refractivity contribution is -0.301. The van der Waals surface area contributed by atoms with Crippen molar-refractivity contribution in [1.29, 1.82) is 0 Å². The quantitative estimate of drug-likeness (QED) is 0.296. The minimum Gasteiger partial charge on any atom is -0.508 e. The number of esters is 1. The number of carbonyl (C=O) groups is 2.